The Morgan fingerprint density at radius 1 is 0.388 bits per heavy atom. The number of hydrogen-bond acceptors (Lipinski definition) is 20. The molecule has 20 nitrogen and oxygen atoms in total. The third-order valence-corrected chi connectivity index (χ3v) is 12.2. The van der Waals surface area contributed by atoms with Gasteiger partial charge in [0.15, 0.2) is 0 Å². The highest BCUT2D eigenvalue weighted by molar-refractivity contribution is 4.74. The quantitative estimate of drug-likeness (QED) is 0.0202. The van der Waals surface area contributed by atoms with Gasteiger partial charge in [0.05, 0.1) is 6.17 Å². The first-order valence-electron chi connectivity index (χ1n) is 27.0. The van der Waals surface area contributed by atoms with Crippen LogP contribution in [0.15, 0.2) is 0 Å². The Labute approximate surface area is 413 Å². The van der Waals surface area contributed by atoms with Crippen LogP contribution >= 0.6 is 0 Å². The molecule has 0 bridgehead atoms. The second kappa shape index (κ2) is 53.0. The van der Waals surface area contributed by atoms with Gasteiger partial charge in [-0.1, -0.05) is 33.1 Å². The second-order valence-corrected chi connectivity index (χ2v) is 18.1. The smallest absolute Gasteiger partial charge is 0.0703 e. The van der Waals surface area contributed by atoms with Gasteiger partial charge in [0.25, 0.3) is 0 Å². The maximum absolute atomic E-state index is 5.97. The predicted molar refractivity (Wildman–Crippen MR) is 291 cm³/mol. The zero-order chi connectivity index (χ0) is 49.1. The van der Waals surface area contributed by atoms with E-state index in [0.29, 0.717) is 26.2 Å². The average Bonchev–Trinajstić information content (AvgIpc) is 3.32. The van der Waals surface area contributed by atoms with Crippen LogP contribution in [0.5, 0.6) is 0 Å². The maximum Gasteiger partial charge on any atom is 0.0703 e. The summed E-state index contributed by atoms with van der Waals surface area (Å²) in [7, 11) is 6.26. The molecule has 19 N–H and O–H groups in total. The molecule has 0 aromatic rings. The number of unbranched alkanes of at least 4 members (excludes halogenated alkanes) is 1. The van der Waals surface area contributed by atoms with E-state index in [0.717, 1.165) is 215 Å². The lowest BCUT2D eigenvalue weighted by Crippen LogP contribution is -2.53. The van der Waals surface area contributed by atoms with Gasteiger partial charge in [-0.3, -0.25) is 30.2 Å². The topological polar surface area (TPSA) is 253 Å². The minimum absolute atomic E-state index is 0.194. The Bertz CT molecular complexity index is 941. The van der Waals surface area contributed by atoms with Gasteiger partial charge in [-0.2, -0.15) is 0 Å². The maximum atomic E-state index is 5.97. The normalized spacial score (nSPS) is 13.2. The summed E-state index contributed by atoms with van der Waals surface area (Å²) in [6, 6.07) is 0. The molecule has 67 heavy (non-hydrogen) atoms. The fraction of sp³-hybridized carbons (Fsp3) is 1.00. The molecule has 0 amide bonds. The molecule has 0 saturated carbocycles. The van der Waals surface area contributed by atoms with Crippen LogP contribution in [0.2, 0.25) is 0 Å². The molecule has 1 unspecified atom stereocenters. The van der Waals surface area contributed by atoms with Crippen molar-refractivity contribution in [2.24, 2.45) is 28.9 Å². The SMILES string of the molecule is CCCC[C@H](CC)CNCCN(C)CC(NCCNCCN(CCN)CCNC)NCCN(CCNCCNCCNCCN(CCN)CCN)CCNCCN(CCN)CCNCCNC. The van der Waals surface area contributed by atoms with Gasteiger partial charge in [-0.25, -0.2) is 0 Å². The van der Waals surface area contributed by atoms with Crippen LogP contribution in [0, 0.1) is 5.92 Å². The second-order valence-electron chi connectivity index (χ2n) is 18.1. The van der Waals surface area contributed by atoms with Gasteiger partial charge in [0, 0.05) is 229 Å². The molecule has 0 aliphatic carbocycles. The monoisotopic (exact) mass is 961 g/mol. The van der Waals surface area contributed by atoms with Gasteiger partial charge in [-0.05, 0) is 40.0 Å². The summed E-state index contributed by atoms with van der Waals surface area (Å²) in [6.07, 6.45) is 5.38. The number of nitrogens with two attached hydrogens (primary N) is 4. The molecule has 0 fully saturated rings. The Balaban J connectivity index is 5.24. The van der Waals surface area contributed by atoms with Crippen molar-refractivity contribution in [3.05, 3.63) is 0 Å². The Hall–Kier alpha value is -0.800. The van der Waals surface area contributed by atoms with Crippen molar-refractivity contribution in [3.63, 3.8) is 0 Å². The largest absolute Gasteiger partial charge is 0.329 e. The van der Waals surface area contributed by atoms with Crippen molar-refractivity contribution >= 4 is 0 Å². The van der Waals surface area contributed by atoms with Crippen LogP contribution in [0.4, 0.5) is 0 Å². The minimum Gasteiger partial charge on any atom is -0.329 e. The summed E-state index contributed by atoms with van der Waals surface area (Å²) in [4.78, 5) is 12.3. The van der Waals surface area contributed by atoms with Crippen molar-refractivity contribution in [3.8, 4) is 0 Å². The molecule has 0 rings (SSSR count). The van der Waals surface area contributed by atoms with Crippen LogP contribution in [-0.4, -0.2) is 287 Å². The fourth-order valence-corrected chi connectivity index (χ4v) is 7.94. The highest BCUT2D eigenvalue weighted by Crippen LogP contribution is 2.11. The highest BCUT2D eigenvalue weighted by Gasteiger charge is 2.14. The molecule has 404 valence electrons. The molecular weight excluding hydrogens is 845 g/mol. The van der Waals surface area contributed by atoms with E-state index in [9.17, 15) is 0 Å². The number of rotatable bonds is 57. The molecule has 0 saturated heterocycles. The van der Waals surface area contributed by atoms with Crippen LogP contribution in [0.25, 0.3) is 0 Å². The van der Waals surface area contributed by atoms with E-state index in [1.165, 1.54) is 25.7 Å². The molecule has 0 aromatic heterocycles. The van der Waals surface area contributed by atoms with Crippen molar-refractivity contribution in [1.82, 2.24) is 83.0 Å². The standard InChI is InChI=1S/C47H116N20/c1-6-8-9-46(7-2)44-60-23-35-63(5)45-47(61-21-20-58-26-38-65(33-12-50)36-22-53-4)62-30-43-67(42-29-59-28-40-66(34-13-51)39-25-55-15-14-52-3)41-27-57-19-17-54-16-18-56-24-37-64(31-10-48)32-11-49/h46-47,52-62H,6-45,48-51H2,1-5H3/t46-,47?/m0/s1. The summed E-state index contributed by atoms with van der Waals surface area (Å²) in [5.41, 5.74) is 23.3. The van der Waals surface area contributed by atoms with Gasteiger partial charge >= 0.3 is 0 Å². The van der Waals surface area contributed by atoms with Gasteiger partial charge in [-0.15, -0.1) is 0 Å². The van der Waals surface area contributed by atoms with Crippen LogP contribution in [0.1, 0.15) is 39.5 Å². The van der Waals surface area contributed by atoms with Crippen LogP contribution in [0.3, 0.4) is 0 Å². The van der Waals surface area contributed by atoms with Gasteiger partial charge in [0.2, 0.25) is 0 Å². The zero-order valence-electron chi connectivity index (χ0n) is 44.5. The molecule has 0 aliphatic heterocycles. The highest BCUT2D eigenvalue weighted by atomic mass is 15.2. The van der Waals surface area contributed by atoms with Crippen molar-refractivity contribution in [2.75, 3.05) is 257 Å². The number of nitrogens with zero attached hydrogens (tertiary/aromatic N) is 5. The zero-order valence-corrected chi connectivity index (χ0v) is 44.5. The van der Waals surface area contributed by atoms with Crippen molar-refractivity contribution < 1.29 is 0 Å². The summed E-state index contributed by atoms with van der Waals surface area (Å²) >= 11 is 0. The third-order valence-electron chi connectivity index (χ3n) is 12.2. The summed E-state index contributed by atoms with van der Waals surface area (Å²) in [5, 5.41) is 39.7. The van der Waals surface area contributed by atoms with E-state index in [4.69, 9.17) is 22.9 Å². The molecule has 0 radical (unpaired) electrons. The van der Waals surface area contributed by atoms with E-state index in [1.807, 2.05) is 14.1 Å². The molecule has 0 aliphatic rings. The lowest BCUT2D eigenvalue weighted by atomic mass is 9.99. The van der Waals surface area contributed by atoms with Crippen molar-refractivity contribution in [1.29, 1.82) is 0 Å². The molecule has 0 spiro atoms. The lowest BCUT2D eigenvalue weighted by molar-refractivity contribution is 0.234. The van der Waals surface area contributed by atoms with E-state index in [-0.39, 0.29) is 6.17 Å². The Kier molecular flexibility index (Phi) is 52.4. The first kappa shape index (κ1) is 66.2. The Morgan fingerprint density at radius 3 is 1.19 bits per heavy atom. The van der Waals surface area contributed by atoms with Crippen LogP contribution in [-0.2, 0) is 0 Å². The number of nitrogens with one attached hydrogen (secondary N) is 11. The lowest BCUT2D eigenvalue weighted by Gasteiger charge is -2.29. The number of hydrogen-bond donors (Lipinski definition) is 15. The van der Waals surface area contributed by atoms with E-state index >= 15 is 0 Å². The number of likely N-dealkylation sites (N-methyl/N-ethyl adjacent to an activating group) is 3. The third kappa shape index (κ3) is 44.9. The molecule has 2 atom stereocenters. The first-order valence-corrected chi connectivity index (χ1v) is 27.0. The first-order chi connectivity index (χ1) is 32.9. The van der Waals surface area contributed by atoms with Crippen LogP contribution < -0.4 is 81.4 Å². The predicted octanol–water partition coefficient (Wildman–Crippen LogP) is -4.75. The Morgan fingerprint density at radius 2 is 0.746 bits per heavy atom. The van der Waals surface area contributed by atoms with E-state index in [2.05, 4.69) is 104 Å². The summed E-state index contributed by atoms with van der Waals surface area (Å²) < 4.78 is 0. The minimum atomic E-state index is 0.194. The van der Waals surface area contributed by atoms with Crippen molar-refractivity contribution in [2.45, 2.75) is 45.7 Å². The van der Waals surface area contributed by atoms with E-state index < -0.39 is 0 Å². The molecule has 0 heterocycles. The van der Waals surface area contributed by atoms with Gasteiger partial charge in [0.1, 0.15) is 0 Å². The molecular formula is C47H116N20. The average molecular weight is 962 g/mol. The summed E-state index contributed by atoms with van der Waals surface area (Å²) in [6.45, 7) is 38.4. The molecule has 0 aromatic carbocycles. The fourth-order valence-electron chi connectivity index (χ4n) is 7.94. The van der Waals surface area contributed by atoms with E-state index in [1.54, 1.807) is 0 Å². The molecule has 20 heteroatoms. The summed E-state index contributed by atoms with van der Waals surface area (Å²) in [5.74, 6) is 0.778. The van der Waals surface area contributed by atoms with Gasteiger partial charge < -0.3 is 75.7 Å².